The number of anilines is 1. The molecule has 0 atom stereocenters. The van der Waals surface area contributed by atoms with E-state index in [4.69, 9.17) is 0 Å². The van der Waals surface area contributed by atoms with E-state index in [1.165, 1.54) is 0 Å². The van der Waals surface area contributed by atoms with Gasteiger partial charge in [0.15, 0.2) is 5.65 Å². The minimum Gasteiger partial charge on any atom is -0.372 e. The topological polar surface area (TPSA) is 55.1 Å². The quantitative estimate of drug-likeness (QED) is 0.723. The summed E-state index contributed by atoms with van der Waals surface area (Å²) >= 11 is 0. The number of hydrogen-bond donors (Lipinski definition) is 1. The number of nitrogens with zero attached hydrogens (tertiary/aromatic N) is 4. The highest BCUT2D eigenvalue weighted by atomic mass is 15.3. The number of fused-ring (bicyclic) bond motifs is 1. The maximum atomic E-state index is 4.45. The Labute approximate surface area is 98.1 Å². The van der Waals surface area contributed by atoms with Crippen molar-refractivity contribution < 1.29 is 0 Å². The van der Waals surface area contributed by atoms with E-state index < -0.39 is 0 Å². The third-order valence-electron chi connectivity index (χ3n) is 2.59. The first kappa shape index (κ1) is 9.77. The van der Waals surface area contributed by atoms with Gasteiger partial charge in [0.05, 0.1) is 11.9 Å². The second-order valence-corrected chi connectivity index (χ2v) is 3.62. The van der Waals surface area contributed by atoms with Crippen molar-refractivity contribution in [1.29, 1.82) is 0 Å². The molecule has 3 aromatic heterocycles. The van der Waals surface area contributed by atoms with Gasteiger partial charge in [0.25, 0.3) is 0 Å². The Hall–Kier alpha value is -2.43. The van der Waals surface area contributed by atoms with Gasteiger partial charge < -0.3 is 5.32 Å². The average Bonchev–Trinajstić information content (AvgIpc) is 2.82. The number of aromatic nitrogens is 4. The number of imidazole rings is 1. The average molecular weight is 225 g/mol. The fourth-order valence-electron chi connectivity index (χ4n) is 1.73. The second kappa shape index (κ2) is 3.86. The van der Waals surface area contributed by atoms with Crippen LogP contribution in [-0.2, 0) is 0 Å². The van der Waals surface area contributed by atoms with Gasteiger partial charge in [-0.25, -0.2) is 9.50 Å². The lowest BCUT2D eigenvalue weighted by Gasteiger charge is -2.03. The normalized spacial score (nSPS) is 10.6. The zero-order chi connectivity index (χ0) is 11.7. The molecular weight excluding hydrogens is 214 g/mol. The predicted molar refractivity (Wildman–Crippen MR) is 65.8 cm³/mol. The molecule has 0 aliphatic heterocycles. The number of pyridine rings is 1. The van der Waals surface area contributed by atoms with Crippen molar-refractivity contribution in [1.82, 2.24) is 19.6 Å². The fraction of sp³-hybridized carbons (Fsp3) is 0.0833. The van der Waals surface area contributed by atoms with Crippen LogP contribution in [0.15, 0.2) is 42.9 Å². The summed E-state index contributed by atoms with van der Waals surface area (Å²) in [6, 6.07) is 7.72. The molecule has 3 rings (SSSR count). The maximum absolute atomic E-state index is 4.45. The highest BCUT2D eigenvalue weighted by Crippen LogP contribution is 2.19. The van der Waals surface area contributed by atoms with Crippen molar-refractivity contribution >= 4 is 11.5 Å². The maximum Gasteiger partial charge on any atom is 0.154 e. The lowest BCUT2D eigenvalue weighted by molar-refractivity contribution is 0.945. The number of hydrogen-bond acceptors (Lipinski definition) is 4. The van der Waals surface area contributed by atoms with E-state index in [9.17, 15) is 0 Å². The third kappa shape index (κ3) is 1.61. The van der Waals surface area contributed by atoms with Gasteiger partial charge in [-0.15, -0.1) is 5.10 Å². The predicted octanol–water partition coefficient (Wildman–Crippen LogP) is 1.83. The Morgan fingerprint density at radius 1 is 1.12 bits per heavy atom. The van der Waals surface area contributed by atoms with Crippen molar-refractivity contribution in [3.05, 3.63) is 42.9 Å². The van der Waals surface area contributed by atoms with E-state index >= 15 is 0 Å². The van der Waals surface area contributed by atoms with Gasteiger partial charge in [0.1, 0.15) is 5.82 Å². The van der Waals surface area contributed by atoms with Crippen LogP contribution < -0.4 is 5.32 Å². The molecule has 3 heterocycles. The molecule has 3 aromatic rings. The summed E-state index contributed by atoms with van der Waals surface area (Å²) in [7, 11) is 1.84. The summed E-state index contributed by atoms with van der Waals surface area (Å²) in [5.41, 5.74) is 2.84. The van der Waals surface area contributed by atoms with Gasteiger partial charge in [-0.1, -0.05) is 0 Å². The van der Waals surface area contributed by atoms with Crippen LogP contribution >= 0.6 is 0 Å². The zero-order valence-electron chi connectivity index (χ0n) is 9.33. The zero-order valence-corrected chi connectivity index (χ0v) is 9.33. The van der Waals surface area contributed by atoms with Crippen LogP contribution in [0.2, 0.25) is 0 Å². The molecule has 0 radical (unpaired) electrons. The summed E-state index contributed by atoms with van der Waals surface area (Å²) in [4.78, 5) is 8.33. The molecule has 5 heteroatoms. The van der Waals surface area contributed by atoms with Gasteiger partial charge in [-0.3, -0.25) is 4.98 Å². The van der Waals surface area contributed by atoms with Crippen molar-refractivity contribution in [2.75, 3.05) is 12.4 Å². The van der Waals surface area contributed by atoms with Gasteiger partial charge in [0.2, 0.25) is 0 Å². The summed E-state index contributed by atoms with van der Waals surface area (Å²) in [5.74, 6) is 0.811. The van der Waals surface area contributed by atoms with Gasteiger partial charge in [-0.05, 0) is 24.3 Å². The van der Waals surface area contributed by atoms with Gasteiger partial charge in [0, 0.05) is 25.0 Å². The monoisotopic (exact) mass is 225 g/mol. The summed E-state index contributed by atoms with van der Waals surface area (Å²) in [5, 5.41) is 7.47. The van der Waals surface area contributed by atoms with E-state index in [-0.39, 0.29) is 0 Å². The first-order chi connectivity index (χ1) is 8.38. The van der Waals surface area contributed by atoms with E-state index in [1.54, 1.807) is 12.4 Å². The number of nitrogens with one attached hydrogen (secondary N) is 1. The van der Waals surface area contributed by atoms with Crippen LogP contribution in [0.4, 0.5) is 5.82 Å². The van der Waals surface area contributed by atoms with Crippen LogP contribution in [-0.4, -0.2) is 26.6 Å². The Balaban J connectivity index is 2.23. The van der Waals surface area contributed by atoms with Crippen molar-refractivity contribution in [3.8, 4) is 11.3 Å². The highest BCUT2D eigenvalue weighted by Gasteiger charge is 2.06. The van der Waals surface area contributed by atoms with Crippen molar-refractivity contribution in [2.45, 2.75) is 0 Å². The smallest absolute Gasteiger partial charge is 0.154 e. The Morgan fingerprint density at radius 3 is 2.71 bits per heavy atom. The molecule has 0 aliphatic rings. The first-order valence-electron chi connectivity index (χ1n) is 5.31. The molecule has 1 N–H and O–H groups in total. The lowest BCUT2D eigenvalue weighted by atomic mass is 10.2. The Morgan fingerprint density at radius 2 is 1.94 bits per heavy atom. The van der Waals surface area contributed by atoms with Crippen molar-refractivity contribution in [2.24, 2.45) is 0 Å². The van der Waals surface area contributed by atoms with Crippen LogP contribution in [0.25, 0.3) is 16.9 Å². The van der Waals surface area contributed by atoms with E-state index in [0.717, 1.165) is 22.7 Å². The molecule has 84 valence electrons. The summed E-state index contributed by atoms with van der Waals surface area (Å²) in [6.07, 6.45) is 5.34. The highest BCUT2D eigenvalue weighted by molar-refractivity contribution is 5.62. The van der Waals surface area contributed by atoms with E-state index in [2.05, 4.69) is 20.4 Å². The molecule has 17 heavy (non-hydrogen) atoms. The molecule has 0 spiro atoms. The van der Waals surface area contributed by atoms with Crippen molar-refractivity contribution in [3.63, 3.8) is 0 Å². The Kier molecular flexibility index (Phi) is 2.22. The molecule has 0 saturated heterocycles. The largest absolute Gasteiger partial charge is 0.372 e. The SMILES string of the molecule is CNc1ccc2ncc(-c3ccncc3)n2n1. The molecule has 0 bridgehead atoms. The minimum absolute atomic E-state index is 0.811. The fourth-order valence-corrected chi connectivity index (χ4v) is 1.73. The van der Waals surface area contributed by atoms with Crippen LogP contribution in [0.5, 0.6) is 0 Å². The molecule has 0 aromatic carbocycles. The van der Waals surface area contributed by atoms with Crippen LogP contribution in [0.3, 0.4) is 0 Å². The molecule has 5 nitrogen and oxygen atoms in total. The molecule has 0 unspecified atom stereocenters. The van der Waals surface area contributed by atoms with E-state index in [0.29, 0.717) is 0 Å². The van der Waals surface area contributed by atoms with Crippen LogP contribution in [0.1, 0.15) is 0 Å². The second-order valence-electron chi connectivity index (χ2n) is 3.62. The molecule has 0 saturated carbocycles. The van der Waals surface area contributed by atoms with E-state index in [1.807, 2.05) is 42.0 Å². The molecular formula is C12H11N5. The molecule has 0 amide bonds. The Bertz CT molecular complexity index is 644. The first-order valence-corrected chi connectivity index (χ1v) is 5.31. The van der Waals surface area contributed by atoms with Gasteiger partial charge >= 0.3 is 0 Å². The molecule has 0 fully saturated rings. The standard InChI is InChI=1S/C12H11N5/c1-13-11-2-3-12-15-8-10(17(12)16-11)9-4-6-14-7-5-9/h2-8H,1H3,(H,13,16). The summed E-state index contributed by atoms with van der Waals surface area (Å²) < 4.78 is 1.82. The third-order valence-corrected chi connectivity index (χ3v) is 2.59. The molecule has 0 aliphatic carbocycles. The van der Waals surface area contributed by atoms with Crippen LogP contribution in [0, 0.1) is 0 Å². The lowest BCUT2D eigenvalue weighted by Crippen LogP contribution is -1.99. The summed E-state index contributed by atoms with van der Waals surface area (Å²) in [6.45, 7) is 0. The minimum atomic E-state index is 0.811. The van der Waals surface area contributed by atoms with Gasteiger partial charge in [-0.2, -0.15) is 0 Å². The number of rotatable bonds is 2.